The maximum atomic E-state index is 15.2. The number of aromatic hydroxyl groups is 4. The van der Waals surface area contributed by atoms with Gasteiger partial charge in [-0.3, -0.25) is 4.79 Å². The molecule has 5 aliphatic heterocycles. The molecule has 4 aromatic carbocycles. The summed E-state index contributed by atoms with van der Waals surface area (Å²) in [6, 6.07) is 18.0. The van der Waals surface area contributed by atoms with E-state index in [4.69, 9.17) is 61.3 Å². The van der Waals surface area contributed by atoms with Crippen LogP contribution in [0, 0.1) is 0 Å². The zero-order valence-corrected chi connectivity index (χ0v) is 50.7. The average Bonchev–Trinajstić information content (AvgIpc) is 0.755. The number of carbonyl (C=O) groups is 2. The average molecular weight is 1370 g/mol. The third kappa shape index (κ3) is 16.3. The second-order valence-corrected chi connectivity index (χ2v) is 23.3. The summed E-state index contributed by atoms with van der Waals surface area (Å²) in [5.41, 5.74) is -0.882. The normalized spacial score (nSPS) is 35.6. The van der Waals surface area contributed by atoms with E-state index in [0.29, 0.717) is 11.1 Å². The first kappa shape index (κ1) is 72.2. The Kier molecular flexibility index (Phi) is 23.1. The third-order valence-corrected chi connectivity index (χ3v) is 16.5. The molecule has 18 N–H and O–H groups in total. The van der Waals surface area contributed by atoms with Crippen molar-refractivity contribution in [2.75, 3.05) is 26.4 Å². The SMILES string of the molecule is CC1OC(Oc2c(-c3ccc(O)cc3)oc3cc(OC4OC(COC5OC(CO)C(O)C(O)C5O)C(O)C(O)C4O)cc(O)c3c2=O)C(OC2OC(COC(=O)C=Cc3ccc(O)cc3)C(O)C(O)C2O)C(OC2OC(COC(=O)C=Cc3ccc(O)cc3)C(O)C(O)C2O)C1O. The van der Waals surface area contributed by atoms with Crippen molar-refractivity contribution in [1.82, 2.24) is 0 Å². The first-order chi connectivity index (χ1) is 46.2. The van der Waals surface area contributed by atoms with Crippen LogP contribution in [0.4, 0.5) is 0 Å². The van der Waals surface area contributed by atoms with E-state index in [9.17, 15) is 102 Å². The highest BCUT2D eigenvalue weighted by Crippen LogP contribution is 2.41. The Labute approximate surface area is 547 Å². The summed E-state index contributed by atoms with van der Waals surface area (Å²) < 4.78 is 76.1. The topological polar surface area (TPSA) is 539 Å². The van der Waals surface area contributed by atoms with Crippen LogP contribution in [0.1, 0.15) is 18.1 Å². The number of aliphatic hydroxyl groups excluding tert-OH is 14. The van der Waals surface area contributed by atoms with Gasteiger partial charge in [0, 0.05) is 29.8 Å². The van der Waals surface area contributed by atoms with E-state index >= 15 is 4.79 Å². The number of ether oxygens (including phenoxy) is 12. The van der Waals surface area contributed by atoms with Gasteiger partial charge in [-0.25, -0.2) is 9.59 Å². The Morgan fingerprint density at radius 2 is 0.897 bits per heavy atom. The molecule has 97 heavy (non-hydrogen) atoms. The summed E-state index contributed by atoms with van der Waals surface area (Å²) in [5, 5.41) is 194. The van der Waals surface area contributed by atoms with Crippen LogP contribution in [0.3, 0.4) is 0 Å². The number of benzene rings is 4. The maximum Gasteiger partial charge on any atom is 0.330 e. The van der Waals surface area contributed by atoms with Gasteiger partial charge in [0.05, 0.1) is 19.3 Å². The molecule has 6 heterocycles. The molecular formula is C63H72O34. The van der Waals surface area contributed by atoms with Gasteiger partial charge in [-0.05, 0) is 78.7 Å². The molecule has 0 amide bonds. The first-order valence-electron chi connectivity index (χ1n) is 30.1. The van der Waals surface area contributed by atoms with Gasteiger partial charge in [-0.2, -0.15) is 0 Å². The Morgan fingerprint density at radius 1 is 0.464 bits per heavy atom. The summed E-state index contributed by atoms with van der Waals surface area (Å²) >= 11 is 0. The number of hydrogen-bond donors (Lipinski definition) is 18. The molecule has 5 fully saturated rings. The van der Waals surface area contributed by atoms with Crippen LogP contribution >= 0.6 is 0 Å². The van der Waals surface area contributed by atoms with Crippen LogP contribution in [-0.2, 0) is 57.0 Å². The molecule has 5 saturated heterocycles. The van der Waals surface area contributed by atoms with E-state index in [-0.39, 0.29) is 22.8 Å². The van der Waals surface area contributed by atoms with Crippen LogP contribution in [-0.4, -0.2) is 284 Å². The van der Waals surface area contributed by atoms with Gasteiger partial charge in [-0.15, -0.1) is 0 Å². The van der Waals surface area contributed by atoms with Crippen LogP contribution in [0.15, 0.2) is 106 Å². The minimum Gasteiger partial charge on any atom is -0.508 e. The van der Waals surface area contributed by atoms with Crippen molar-refractivity contribution in [2.24, 2.45) is 0 Å². The Balaban J connectivity index is 0.963. The quantitative estimate of drug-likeness (QED) is 0.0244. The molecule has 34 nitrogen and oxygen atoms in total. The molecule has 25 atom stereocenters. The number of aliphatic hydroxyl groups is 14. The van der Waals surface area contributed by atoms with Gasteiger partial charge in [0.25, 0.3) is 0 Å². The number of fused-ring (bicyclic) bond motifs is 1. The number of carbonyl (C=O) groups excluding carboxylic acids is 2. The van der Waals surface area contributed by atoms with E-state index in [1.54, 1.807) is 0 Å². The number of phenolic OH excluding ortho intramolecular Hbond substituents is 4. The van der Waals surface area contributed by atoms with Crippen molar-refractivity contribution >= 4 is 35.1 Å². The number of hydrogen-bond acceptors (Lipinski definition) is 34. The second-order valence-electron chi connectivity index (χ2n) is 23.3. The second kappa shape index (κ2) is 31.1. The van der Waals surface area contributed by atoms with Crippen LogP contribution in [0.2, 0.25) is 0 Å². The molecule has 0 radical (unpaired) electrons. The smallest absolute Gasteiger partial charge is 0.330 e. The standard InChI is InChI=1S/C63H72O34/c1-24-41(71)56(95-61-53(83)49(79)43(73)35(93-61)21-85-38(69)16-6-25-2-10-28(65)11-3-25)58(97-62-54(84)50(80)44(74)36(94-62)22-86-39(70)17-7-26-4-12-29(66)13-5-26)63(88-24)96-57-46(76)40-32(68)18-31(19-33(40)90-55(57)27-8-14-30(67)15-9-27)89-60-52(82)48(78)45(75)37(92-60)23-87-59-51(81)47(77)42(72)34(20-64)91-59/h2-19,24,34-37,41-45,47-54,56,58-68,71-75,77-84H,20-23H2,1H3. The molecular weight excluding hydrogens is 1300 g/mol. The summed E-state index contributed by atoms with van der Waals surface area (Å²) in [7, 11) is 0. The van der Waals surface area contributed by atoms with Crippen LogP contribution < -0.4 is 14.9 Å². The first-order valence-corrected chi connectivity index (χ1v) is 30.1. The fraction of sp³-hybridized carbons (Fsp3) is 0.476. The number of phenols is 4. The molecule has 528 valence electrons. The summed E-state index contributed by atoms with van der Waals surface area (Å²) in [6.07, 6.45) is -44.1. The monoisotopic (exact) mass is 1370 g/mol. The van der Waals surface area contributed by atoms with E-state index in [2.05, 4.69) is 0 Å². The van der Waals surface area contributed by atoms with E-state index in [0.717, 1.165) is 36.4 Å². The molecule has 0 aliphatic carbocycles. The van der Waals surface area contributed by atoms with Crippen molar-refractivity contribution < 1.29 is 163 Å². The van der Waals surface area contributed by atoms with Crippen molar-refractivity contribution in [1.29, 1.82) is 0 Å². The van der Waals surface area contributed by atoms with Crippen molar-refractivity contribution in [2.45, 2.75) is 160 Å². The molecule has 0 spiro atoms. The predicted molar refractivity (Wildman–Crippen MR) is 319 cm³/mol. The van der Waals surface area contributed by atoms with Gasteiger partial charge in [0.15, 0.2) is 30.7 Å². The zero-order chi connectivity index (χ0) is 69.8. The van der Waals surface area contributed by atoms with Gasteiger partial charge in [0.2, 0.25) is 23.8 Å². The summed E-state index contributed by atoms with van der Waals surface area (Å²) in [5.74, 6) is -5.18. The summed E-state index contributed by atoms with van der Waals surface area (Å²) in [6.45, 7) is -1.95. The lowest BCUT2D eigenvalue weighted by Crippen LogP contribution is -2.67. The lowest BCUT2D eigenvalue weighted by molar-refractivity contribution is -0.382. The van der Waals surface area contributed by atoms with Gasteiger partial charge < -0.3 is 153 Å². The minimum atomic E-state index is -2.26. The van der Waals surface area contributed by atoms with Crippen molar-refractivity contribution in [3.8, 4) is 45.8 Å². The highest BCUT2D eigenvalue weighted by molar-refractivity contribution is 5.89. The molecule has 5 aliphatic rings. The fourth-order valence-corrected chi connectivity index (χ4v) is 11.0. The Bertz CT molecular complexity index is 3590. The lowest BCUT2D eigenvalue weighted by Gasteiger charge is -2.48. The fourth-order valence-electron chi connectivity index (χ4n) is 11.0. The van der Waals surface area contributed by atoms with E-state index in [1.807, 2.05) is 0 Å². The Hall–Kier alpha value is -7.57. The highest BCUT2D eigenvalue weighted by Gasteiger charge is 2.56. The van der Waals surface area contributed by atoms with Crippen LogP contribution in [0.5, 0.6) is 34.5 Å². The molecule has 1 aromatic heterocycles. The van der Waals surface area contributed by atoms with Crippen LogP contribution in [0.25, 0.3) is 34.4 Å². The van der Waals surface area contributed by atoms with Gasteiger partial charge in [-0.1, -0.05) is 24.3 Å². The van der Waals surface area contributed by atoms with Gasteiger partial charge in [0.1, 0.15) is 163 Å². The Morgan fingerprint density at radius 3 is 1.40 bits per heavy atom. The zero-order valence-electron chi connectivity index (χ0n) is 50.7. The largest absolute Gasteiger partial charge is 0.508 e. The van der Waals surface area contributed by atoms with E-state index < -0.39 is 231 Å². The molecule has 25 unspecified atom stereocenters. The highest BCUT2D eigenvalue weighted by atomic mass is 16.8. The van der Waals surface area contributed by atoms with Gasteiger partial charge >= 0.3 is 11.9 Å². The molecule has 0 bridgehead atoms. The molecule has 10 rings (SSSR count). The number of esters is 2. The molecule has 34 heteroatoms. The lowest BCUT2D eigenvalue weighted by atomic mass is 9.96. The summed E-state index contributed by atoms with van der Waals surface area (Å²) in [4.78, 5) is 41.0. The predicted octanol–water partition coefficient (Wildman–Crippen LogP) is -4.33. The third-order valence-electron chi connectivity index (χ3n) is 16.5. The van der Waals surface area contributed by atoms with Crippen molar-refractivity contribution in [3.63, 3.8) is 0 Å². The van der Waals surface area contributed by atoms with Crippen molar-refractivity contribution in [3.05, 3.63) is 118 Å². The molecule has 5 aromatic rings. The molecule has 0 saturated carbocycles. The van der Waals surface area contributed by atoms with E-state index in [1.165, 1.54) is 79.7 Å². The minimum absolute atomic E-state index is 0.0438. The maximum absolute atomic E-state index is 15.2. The number of rotatable bonds is 21.